The molecule has 0 saturated heterocycles. The van der Waals surface area contributed by atoms with Crippen molar-refractivity contribution in [2.24, 2.45) is 0 Å². The van der Waals surface area contributed by atoms with Gasteiger partial charge < -0.3 is 4.42 Å². The lowest BCUT2D eigenvalue weighted by Gasteiger charge is -2.09. The molecule has 0 aliphatic rings. The maximum absolute atomic E-state index is 6.49. The molecule has 6 aromatic carbocycles. The van der Waals surface area contributed by atoms with Crippen molar-refractivity contribution in [3.05, 3.63) is 133 Å². The molecule has 0 amide bonds. The summed E-state index contributed by atoms with van der Waals surface area (Å²) < 4.78 is 8.85. The molecule has 0 unspecified atom stereocenters. The van der Waals surface area contributed by atoms with Crippen molar-refractivity contribution in [3.8, 4) is 45.6 Å². The molecule has 9 aromatic rings. The lowest BCUT2D eigenvalue weighted by Crippen LogP contribution is -2.00. The van der Waals surface area contributed by atoms with E-state index in [1.54, 1.807) is 11.3 Å². The second-order valence-electron chi connectivity index (χ2n) is 10.7. The Labute approximate surface area is 256 Å². The Morgan fingerprint density at radius 1 is 0.455 bits per heavy atom. The van der Waals surface area contributed by atoms with Gasteiger partial charge in [-0.05, 0) is 47.2 Å². The summed E-state index contributed by atoms with van der Waals surface area (Å²) in [6.07, 6.45) is 0. The fourth-order valence-corrected chi connectivity index (χ4v) is 6.96. The molecule has 0 aliphatic carbocycles. The van der Waals surface area contributed by atoms with Gasteiger partial charge in [0.05, 0.1) is 0 Å². The highest BCUT2D eigenvalue weighted by Crippen LogP contribution is 2.43. The lowest BCUT2D eigenvalue weighted by molar-refractivity contribution is 0.623. The van der Waals surface area contributed by atoms with Crippen LogP contribution < -0.4 is 0 Å². The number of nitrogens with zero attached hydrogens (tertiary/aromatic N) is 4. The van der Waals surface area contributed by atoms with Gasteiger partial charge in [0.1, 0.15) is 5.52 Å². The Morgan fingerprint density at radius 2 is 1.00 bits per heavy atom. The summed E-state index contributed by atoms with van der Waals surface area (Å²) in [4.78, 5) is 19.7. The molecular weight excluding hydrogens is 561 g/mol. The molecule has 44 heavy (non-hydrogen) atoms. The summed E-state index contributed by atoms with van der Waals surface area (Å²) in [5, 5.41) is 4.51. The molecular formula is C38H22N4OS. The van der Waals surface area contributed by atoms with Gasteiger partial charge in [0.15, 0.2) is 23.1 Å². The van der Waals surface area contributed by atoms with Gasteiger partial charge >= 0.3 is 0 Å². The molecule has 0 radical (unpaired) electrons. The second-order valence-corrected chi connectivity index (χ2v) is 11.8. The maximum Gasteiger partial charge on any atom is 0.227 e. The van der Waals surface area contributed by atoms with E-state index in [4.69, 9.17) is 24.4 Å². The average Bonchev–Trinajstić information content (AvgIpc) is 3.71. The summed E-state index contributed by atoms with van der Waals surface area (Å²) in [7, 11) is 0. The Bertz CT molecular complexity index is 2430. The highest BCUT2D eigenvalue weighted by Gasteiger charge is 2.18. The number of benzene rings is 6. The van der Waals surface area contributed by atoms with Crippen molar-refractivity contribution < 1.29 is 4.42 Å². The molecule has 9 rings (SSSR count). The summed E-state index contributed by atoms with van der Waals surface area (Å²) in [6.45, 7) is 0. The van der Waals surface area contributed by atoms with E-state index < -0.39 is 0 Å². The van der Waals surface area contributed by atoms with Crippen LogP contribution in [-0.2, 0) is 0 Å². The van der Waals surface area contributed by atoms with Gasteiger partial charge in [0.25, 0.3) is 0 Å². The molecule has 6 heteroatoms. The first-order valence-electron chi connectivity index (χ1n) is 14.4. The quantitative estimate of drug-likeness (QED) is 0.207. The fraction of sp³-hybridized carbons (Fsp3) is 0. The van der Waals surface area contributed by atoms with Gasteiger partial charge in [0.2, 0.25) is 5.89 Å². The molecule has 0 spiro atoms. The standard InChI is InChI=1S/C38H22N4OS/c1-4-10-24(11-5-1)35-40-36(25-12-6-2-7-13-25)42-37(41-35)27-17-16-23-18-20-30-32(28(23)22-27)33-31(44-30)21-19-29-34(33)43-38(39-29)26-14-8-3-9-15-26/h1-22H. The highest BCUT2D eigenvalue weighted by molar-refractivity contribution is 7.26. The van der Waals surface area contributed by atoms with E-state index >= 15 is 0 Å². The van der Waals surface area contributed by atoms with E-state index in [0.29, 0.717) is 23.4 Å². The largest absolute Gasteiger partial charge is 0.435 e. The van der Waals surface area contributed by atoms with E-state index in [-0.39, 0.29) is 0 Å². The summed E-state index contributed by atoms with van der Waals surface area (Å²) >= 11 is 1.77. The molecule has 0 atom stereocenters. The zero-order valence-corrected chi connectivity index (χ0v) is 24.1. The molecule has 0 fully saturated rings. The Balaban J connectivity index is 1.29. The minimum Gasteiger partial charge on any atom is -0.435 e. The predicted molar refractivity (Wildman–Crippen MR) is 180 cm³/mol. The zero-order valence-electron chi connectivity index (χ0n) is 23.3. The third-order valence-corrected chi connectivity index (χ3v) is 9.07. The van der Waals surface area contributed by atoms with Gasteiger partial charge in [-0.2, -0.15) is 0 Å². The van der Waals surface area contributed by atoms with Gasteiger partial charge in [0, 0.05) is 42.4 Å². The van der Waals surface area contributed by atoms with Crippen LogP contribution in [0.3, 0.4) is 0 Å². The summed E-state index contributed by atoms with van der Waals surface area (Å²) in [5.41, 5.74) is 5.44. The smallest absolute Gasteiger partial charge is 0.227 e. The zero-order chi connectivity index (χ0) is 29.0. The van der Waals surface area contributed by atoms with Crippen LogP contribution in [-0.4, -0.2) is 19.9 Å². The first kappa shape index (κ1) is 24.8. The van der Waals surface area contributed by atoms with Gasteiger partial charge in [-0.1, -0.05) is 97.1 Å². The third-order valence-electron chi connectivity index (χ3n) is 7.95. The van der Waals surface area contributed by atoms with E-state index in [0.717, 1.165) is 54.9 Å². The number of aromatic nitrogens is 4. The van der Waals surface area contributed by atoms with Crippen LogP contribution in [0.15, 0.2) is 138 Å². The van der Waals surface area contributed by atoms with E-state index in [9.17, 15) is 0 Å². The molecule has 0 aliphatic heterocycles. The topological polar surface area (TPSA) is 64.7 Å². The minimum atomic E-state index is 0.625. The van der Waals surface area contributed by atoms with Crippen LogP contribution in [0.25, 0.3) is 87.7 Å². The number of rotatable bonds is 4. The third kappa shape index (κ3) is 4.07. The van der Waals surface area contributed by atoms with Crippen LogP contribution in [0.5, 0.6) is 0 Å². The van der Waals surface area contributed by atoms with Crippen LogP contribution in [0.4, 0.5) is 0 Å². The van der Waals surface area contributed by atoms with Gasteiger partial charge in [-0.25, -0.2) is 19.9 Å². The van der Waals surface area contributed by atoms with E-state index in [2.05, 4.69) is 42.5 Å². The molecule has 3 heterocycles. The first-order chi connectivity index (χ1) is 21.8. The van der Waals surface area contributed by atoms with Crippen LogP contribution in [0.1, 0.15) is 0 Å². The van der Waals surface area contributed by atoms with Crippen LogP contribution in [0, 0.1) is 0 Å². The minimum absolute atomic E-state index is 0.625. The second kappa shape index (κ2) is 9.93. The highest BCUT2D eigenvalue weighted by atomic mass is 32.1. The van der Waals surface area contributed by atoms with E-state index in [1.165, 1.54) is 9.40 Å². The fourth-order valence-electron chi connectivity index (χ4n) is 5.84. The molecule has 0 saturated carbocycles. The van der Waals surface area contributed by atoms with Crippen molar-refractivity contribution in [1.82, 2.24) is 19.9 Å². The summed E-state index contributed by atoms with van der Waals surface area (Å²) in [6, 6.07) is 45.2. The normalized spacial score (nSPS) is 11.6. The molecule has 0 N–H and O–H groups in total. The maximum atomic E-state index is 6.49. The van der Waals surface area contributed by atoms with Crippen LogP contribution in [0.2, 0.25) is 0 Å². The van der Waals surface area contributed by atoms with Crippen molar-refractivity contribution in [3.63, 3.8) is 0 Å². The number of hydrogen-bond acceptors (Lipinski definition) is 6. The van der Waals surface area contributed by atoms with Crippen molar-refractivity contribution in [2.75, 3.05) is 0 Å². The Kier molecular flexibility index (Phi) is 5.61. The number of oxazole rings is 1. The van der Waals surface area contributed by atoms with Crippen molar-refractivity contribution in [1.29, 1.82) is 0 Å². The van der Waals surface area contributed by atoms with Gasteiger partial charge in [-0.15, -0.1) is 11.3 Å². The van der Waals surface area contributed by atoms with Crippen LogP contribution >= 0.6 is 11.3 Å². The monoisotopic (exact) mass is 582 g/mol. The Morgan fingerprint density at radius 3 is 1.66 bits per heavy atom. The van der Waals surface area contributed by atoms with Gasteiger partial charge in [-0.3, -0.25) is 0 Å². The number of thiophene rings is 1. The van der Waals surface area contributed by atoms with E-state index in [1.807, 2.05) is 91.0 Å². The number of hydrogen-bond donors (Lipinski definition) is 0. The average molecular weight is 583 g/mol. The summed E-state index contributed by atoms with van der Waals surface area (Å²) in [5.74, 6) is 2.55. The molecule has 0 bridgehead atoms. The van der Waals surface area contributed by atoms with Crippen molar-refractivity contribution >= 4 is 53.4 Å². The first-order valence-corrected chi connectivity index (χ1v) is 15.2. The molecule has 206 valence electrons. The molecule has 3 aromatic heterocycles. The predicted octanol–water partition coefficient (Wildman–Crippen LogP) is 10.2. The Hall–Kier alpha value is -5.72. The SMILES string of the molecule is c1ccc(-c2nc(-c3ccccc3)nc(-c3ccc4ccc5sc6ccc7nc(-c8ccccc8)oc7c6c5c4c3)n2)cc1. The number of fused-ring (bicyclic) bond motifs is 7. The van der Waals surface area contributed by atoms with Crippen molar-refractivity contribution in [2.45, 2.75) is 0 Å². The lowest BCUT2D eigenvalue weighted by atomic mass is 10.0. The molecule has 5 nitrogen and oxygen atoms in total.